The van der Waals surface area contributed by atoms with Crippen LogP contribution in [0.5, 0.6) is 0 Å². The fourth-order valence-corrected chi connectivity index (χ4v) is 4.67. The van der Waals surface area contributed by atoms with Crippen molar-refractivity contribution in [3.05, 3.63) is 57.4 Å². The highest BCUT2D eigenvalue weighted by molar-refractivity contribution is 7.93. The number of sulfonamides is 1. The molecular weight excluding hydrogens is 396 g/mol. The third-order valence-electron chi connectivity index (χ3n) is 5.22. The molecule has 152 valence electrons. The van der Waals surface area contributed by atoms with Gasteiger partial charge in [0.2, 0.25) is 0 Å². The van der Waals surface area contributed by atoms with Crippen molar-refractivity contribution in [3.8, 4) is 0 Å². The van der Waals surface area contributed by atoms with Crippen LogP contribution in [0.1, 0.15) is 51.2 Å². The number of carboxylic acids is 1. The summed E-state index contributed by atoms with van der Waals surface area (Å²) in [5.74, 6) is -1.14. The Bertz CT molecular complexity index is 1100. The van der Waals surface area contributed by atoms with E-state index in [1.54, 1.807) is 0 Å². The van der Waals surface area contributed by atoms with Crippen LogP contribution in [0.15, 0.2) is 28.2 Å². The van der Waals surface area contributed by atoms with Crippen LogP contribution < -0.4 is 10.0 Å². The van der Waals surface area contributed by atoms with Gasteiger partial charge in [-0.05, 0) is 72.9 Å². The van der Waals surface area contributed by atoms with E-state index in [1.807, 2.05) is 4.72 Å². The molecule has 0 aliphatic heterocycles. The first-order valence-electron chi connectivity index (χ1n) is 9.32. The van der Waals surface area contributed by atoms with E-state index in [1.165, 1.54) is 17.2 Å². The van der Waals surface area contributed by atoms with Crippen molar-refractivity contribution in [2.24, 2.45) is 0 Å². The van der Waals surface area contributed by atoms with Crippen LogP contribution in [-0.2, 0) is 35.7 Å². The van der Waals surface area contributed by atoms with E-state index < -0.39 is 22.0 Å². The lowest BCUT2D eigenvalue weighted by molar-refractivity contribution is 0.0696. The highest BCUT2D eigenvalue weighted by Crippen LogP contribution is 2.38. The second-order valence-corrected chi connectivity index (χ2v) is 8.75. The van der Waals surface area contributed by atoms with Gasteiger partial charge in [-0.25, -0.2) is 22.7 Å². The summed E-state index contributed by atoms with van der Waals surface area (Å²) in [5, 5.41) is 12.4. The Hall–Kier alpha value is -3.07. The molecule has 2 aliphatic rings. The van der Waals surface area contributed by atoms with E-state index in [-0.39, 0.29) is 11.3 Å². The van der Waals surface area contributed by atoms with Crippen molar-refractivity contribution < 1.29 is 27.5 Å². The van der Waals surface area contributed by atoms with Crippen molar-refractivity contribution in [3.63, 3.8) is 0 Å². The van der Waals surface area contributed by atoms with Gasteiger partial charge in [0.05, 0.1) is 11.0 Å². The van der Waals surface area contributed by atoms with Gasteiger partial charge in [0.15, 0.2) is 0 Å². The molecule has 0 radical (unpaired) electrons. The summed E-state index contributed by atoms with van der Waals surface area (Å²) in [7, 11) is -4.09. The largest absolute Gasteiger partial charge is 0.478 e. The summed E-state index contributed by atoms with van der Waals surface area (Å²) < 4.78 is 31.3. The summed E-state index contributed by atoms with van der Waals surface area (Å²) in [4.78, 5) is 23.2. The number of rotatable bonds is 5. The van der Waals surface area contributed by atoms with E-state index in [2.05, 4.69) is 11.4 Å². The topological polar surface area (TPSA) is 126 Å². The number of anilines is 1. The first-order valence-corrected chi connectivity index (χ1v) is 10.9. The highest BCUT2D eigenvalue weighted by Gasteiger charge is 2.25. The fraction of sp³-hybridized carbons (Fsp3) is 0.300. The fourth-order valence-electron chi connectivity index (χ4n) is 3.98. The minimum atomic E-state index is -4.09. The van der Waals surface area contributed by atoms with Crippen LogP contribution >= 0.6 is 0 Å². The van der Waals surface area contributed by atoms with E-state index in [4.69, 9.17) is 9.52 Å². The molecule has 0 bridgehead atoms. The Morgan fingerprint density at radius 1 is 1.03 bits per heavy atom. The molecule has 1 heterocycles. The number of fused-ring (bicyclic) bond motifs is 2. The predicted molar refractivity (Wildman–Crippen MR) is 106 cm³/mol. The molecule has 0 saturated carbocycles. The number of urea groups is 1. The average molecular weight is 416 g/mol. The van der Waals surface area contributed by atoms with Gasteiger partial charge in [-0.1, -0.05) is 6.07 Å². The number of furan rings is 1. The summed E-state index contributed by atoms with van der Waals surface area (Å²) in [6.07, 6.45) is 7.83. The monoisotopic (exact) mass is 416 g/mol. The SMILES string of the molecule is O=C(Nc1c2c(cc3c1CCC3)CCC2)NS(=O)(=O)C=Cc1cc(C(=O)O)co1. The van der Waals surface area contributed by atoms with Crippen molar-refractivity contribution in [2.45, 2.75) is 38.5 Å². The predicted octanol–water partition coefficient (Wildman–Crippen LogP) is 3.08. The number of nitrogens with one attached hydrogen (secondary N) is 2. The molecule has 3 N–H and O–H groups in total. The van der Waals surface area contributed by atoms with Crippen LogP contribution in [-0.4, -0.2) is 25.5 Å². The number of carboxylic acid groups (broad SMARTS) is 1. The van der Waals surface area contributed by atoms with Gasteiger partial charge < -0.3 is 14.8 Å². The van der Waals surface area contributed by atoms with E-state index in [9.17, 15) is 18.0 Å². The van der Waals surface area contributed by atoms with Crippen LogP contribution in [0.3, 0.4) is 0 Å². The Kier molecular flexibility index (Phi) is 4.91. The number of hydrogen-bond acceptors (Lipinski definition) is 5. The molecule has 2 aliphatic carbocycles. The Morgan fingerprint density at radius 2 is 1.69 bits per heavy atom. The van der Waals surface area contributed by atoms with Crippen molar-refractivity contribution in [1.82, 2.24) is 4.72 Å². The maximum absolute atomic E-state index is 12.4. The standard InChI is InChI=1S/C20H20N2O6S/c23-19(24)14-10-15(28-11-14)7-8-29(26,27)22-20(25)21-18-16-5-1-3-12(16)9-13-4-2-6-17(13)18/h7-11H,1-6H2,(H,23,24)(H2,21,22,25). The molecule has 0 fully saturated rings. The van der Waals surface area contributed by atoms with Gasteiger partial charge in [-0.15, -0.1) is 0 Å². The number of aromatic carboxylic acids is 1. The van der Waals surface area contributed by atoms with Crippen LogP contribution in [0, 0.1) is 0 Å². The quantitative estimate of drug-likeness (QED) is 0.688. The molecule has 0 unspecified atom stereocenters. The number of benzene rings is 1. The lowest BCUT2D eigenvalue weighted by atomic mass is 9.99. The number of carbonyl (C=O) groups excluding carboxylic acids is 1. The molecule has 4 rings (SSSR count). The summed E-state index contributed by atoms with van der Waals surface area (Å²) >= 11 is 0. The van der Waals surface area contributed by atoms with Crippen LogP contribution in [0.25, 0.3) is 6.08 Å². The van der Waals surface area contributed by atoms with Gasteiger partial charge in [0.1, 0.15) is 12.0 Å². The molecule has 2 aromatic rings. The molecule has 0 spiro atoms. The van der Waals surface area contributed by atoms with Gasteiger partial charge in [-0.3, -0.25) is 0 Å². The van der Waals surface area contributed by atoms with E-state index in [0.29, 0.717) is 0 Å². The summed E-state index contributed by atoms with van der Waals surface area (Å²) in [5.41, 5.74) is 5.32. The Morgan fingerprint density at radius 3 is 2.28 bits per heavy atom. The Labute approximate surface area is 167 Å². The smallest absolute Gasteiger partial charge is 0.338 e. The number of carbonyl (C=O) groups is 2. The minimum absolute atomic E-state index is 0.0480. The zero-order valence-electron chi connectivity index (χ0n) is 15.5. The minimum Gasteiger partial charge on any atom is -0.478 e. The lowest BCUT2D eigenvalue weighted by Crippen LogP contribution is -2.33. The average Bonchev–Trinajstić information content (AvgIpc) is 3.39. The van der Waals surface area contributed by atoms with Crippen molar-refractivity contribution in [1.29, 1.82) is 0 Å². The van der Waals surface area contributed by atoms with Gasteiger partial charge in [0.25, 0.3) is 10.0 Å². The zero-order valence-corrected chi connectivity index (χ0v) is 16.3. The molecule has 29 heavy (non-hydrogen) atoms. The number of amides is 2. The van der Waals surface area contributed by atoms with E-state index in [0.717, 1.165) is 73.1 Å². The van der Waals surface area contributed by atoms with E-state index >= 15 is 0 Å². The van der Waals surface area contributed by atoms with Crippen molar-refractivity contribution >= 4 is 33.8 Å². The summed E-state index contributed by atoms with van der Waals surface area (Å²) in [6.45, 7) is 0. The number of hydrogen-bond donors (Lipinski definition) is 3. The summed E-state index contributed by atoms with van der Waals surface area (Å²) in [6, 6.07) is 2.59. The van der Waals surface area contributed by atoms with Crippen molar-refractivity contribution in [2.75, 3.05) is 5.32 Å². The second kappa shape index (κ2) is 7.40. The first-order chi connectivity index (χ1) is 13.8. The van der Waals surface area contributed by atoms with Crippen LogP contribution in [0.2, 0.25) is 0 Å². The molecule has 1 aromatic carbocycles. The van der Waals surface area contributed by atoms with Gasteiger partial charge in [0, 0.05) is 5.69 Å². The third kappa shape index (κ3) is 4.04. The second-order valence-electron chi connectivity index (χ2n) is 7.18. The van der Waals surface area contributed by atoms with Gasteiger partial charge in [-0.2, -0.15) is 0 Å². The maximum Gasteiger partial charge on any atom is 0.338 e. The Balaban J connectivity index is 1.48. The highest BCUT2D eigenvalue weighted by atomic mass is 32.2. The first kappa shape index (κ1) is 19.3. The maximum atomic E-state index is 12.4. The molecular formula is C20H20N2O6S. The molecule has 0 atom stereocenters. The third-order valence-corrected chi connectivity index (χ3v) is 6.19. The molecule has 0 saturated heterocycles. The zero-order chi connectivity index (χ0) is 20.6. The normalized spacial score (nSPS) is 15.3. The van der Waals surface area contributed by atoms with Gasteiger partial charge >= 0.3 is 12.0 Å². The molecule has 9 heteroatoms. The van der Waals surface area contributed by atoms with Crippen LogP contribution in [0.4, 0.5) is 10.5 Å². The lowest BCUT2D eigenvalue weighted by Gasteiger charge is -2.16. The molecule has 8 nitrogen and oxygen atoms in total. The molecule has 2 amide bonds. The molecule has 1 aromatic heterocycles. The number of aryl methyl sites for hydroxylation is 2.